The van der Waals surface area contributed by atoms with E-state index in [9.17, 15) is 9.59 Å². The highest BCUT2D eigenvalue weighted by molar-refractivity contribution is 5.93. The number of fused-ring (bicyclic) bond motifs is 1. The maximum atomic E-state index is 13.1. The maximum absolute atomic E-state index is 13.1. The SMILES string of the molecule is O=C(CC1CCC(c2ccnc3ccccc23)CC1)N1C(=O)OCC1Cc1ccccc1. The first-order valence-electron chi connectivity index (χ1n) is 11.6. The van der Waals surface area contributed by atoms with Crippen LogP contribution in [-0.4, -0.2) is 34.5 Å². The van der Waals surface area contributed by atoms with E-state index in [1.807, 2.05) is 42.6 Å². The molecule has 2 fully saturated rings. The minimum atomic E-state index is -0.493. The monoisotopic (exact) mass is 428 g/mol. The van der Waals surface area contributed by atoms with E-state index in [-0.39, 0.29) is 18.6 Å². The van der Waals surface area contributed by atoms with E-state index in [1.165, 1.54) is 15.8 Å². The molecule has 2 amide bonds. The number of imide groups is 1. The number of carbonyl (C=O) groups is 2. The van der Waals surface area contributed by atoms with Gasteiger partial charge in [-0.3, -0.25) is 9.78 Å². The van der Waals surface area contributed by atoms with Gasteiger partial charge >= 0.3 is 6.09 Å². The number of benzene rings is 2. The summed E-state index contributed by atoms with van der Waals surface area (Å²) in [5, 5.41) is 1.23. The fourth-order valence-electron chi connectivity index (χ4n) is 5.30. The predicted molar refractivity (Wildman–Crippen MR) is 123 cm³/mol. The predicted octanol–water partition coefficient (Wildman–Crippen LogP) is 5.49. The van der Waals surface area contributed by atoms with Crippen molar-refractivity contribution in [2.45, 2.75) is 50.5 Å². The maximum Gasteiger partial charge on any atom is 0.416 e. The van der Waals surface area contributed by atoms with Crippen molar-refractivity contribution < 1.29 is 14.3 Å². The van der Waals surface area contributed by atoms with Crippen molar-refractivity contribution in [2.24, 2.45) is 5.92 Å². The first-order chi connectivity index (χ1) is 15.7. The Morgan fingerprint density at radius 2 is 1.72 bits per heavy atom. The number of nitrogens with zero attached hydrogens (tertiary/aromatic N) is 2. The normalized spacial score (nSPS) is 23.3. The molecule has 164 valence electrons. The molecule has 5 rings (SSSR count). The molecule has 1 unspecified atom stereocenters. The Balaban J connectivity index is 1.21. The second-order valence-electron chi connectivity index (χ2n) is 9.02. The van der Waals surface area contributed by atoms with Gasteiger partial charge in [0.1, 0.15) is 6.61 Å². The van der Waals surface area contributed by atoms with Crippen molar-refractivity contribution in [3.8, 4) is 0 Å². The first kappa shape index (κ1) is 20.7. The summed E-state index contributed by atoms with van der Waals surface area (Å²) >= 11 is 0. The second kappa shape index (κ2) is 9.11. The van der Waals surface area contributed by atoms with Crippen molar-refractivity contribution >= 4 is 22.9 Å². The van der Waals surface area contributed by atoms with E-state index < -0.39 is 6.09 Å². The zero-order chi connectivity index (χ0) is 21.9. The third-order valence-corrected chi connectivity index (χ3v) is 6.98. The molecule has 0 radical (unpaired) electrons. The molecule has 5 nitrogen and oxygen atoms in total. The number of carbonyl (C=O) groups excluding carboxylic acids is 2. The van der Waals surface area contributed by atoms with Gasteiger partial charge in [0.05, 0.1) is 11.6 Å². The van der Waals surface area contributed by atoms with Crippen LogP contribution in [-0.2, 0) is 16.0 Å². The molecule has 2 aliphatic rings. The number of amides is 2. The van der Waals surface area contributed by atoms with E-state index in [0.29, 0.717) is 24.7 Å². The lowest BCUT2D eigenvalue weighted by Gasteiger charge is -2.30. The largest absolute Gasteiger partial charge is 0.447 e. The van der Waals surface area contributed by atoms with Gasteiger partial charge in [-0.25, -0.2) is 9.69 Å². The Morgan fingerprint density at radius 3 is 2.53 bits per heavy atom. The van der Waals surface area contributed by atoms with Crippen LogP contribution in [0.3, 0.4) is 0 Å². The molecule has 0 spiro atoms. The minimum Gasteiger partial charge on any atom is -0.447 e. The highest BCUT2D eigenvalue weighted by atomic mass is 16.6. The van der Waals surface area contributed by atoms with Gasteiger partial charge in [-0.2, -0.15) is 0 Å². The quantitative estimate of drug-likeness (QED) is 0.539. The molecule has 1 aliphatic carbocycles. The molecule has 1 aliphatic heterocycles. The second-order valence-corrected chi connectivity index (χ2v) is 9.02. The van der Waals surface area contributed by atoms with Crippen molar-refractivity contribution in [3.05, 3.63) is 78.0 Å². The Morgan fingerprint density at radius 1 is 0.969 bits per heavy atom. The molecule has 2 aromatic carbocycles. The molecule has 3 aromatic rings. The summed E-state index contributed by atoms with van der Waals surface area (Å²) in [5.41, 5.74) is 3.52. The summed E-state index contributed by atoms with van der Waals surface area (Å²) in [7, 11) is 0. The summed E-state index contributed by atoms with van der Waals surface area (Å²) in [6, 6.07) is 20.2. The molecule has 1 saturated heterocycles. The molecule has 0 bridgehead atoms. The number of hydrogen-bond acceptors (Lipinski definition) is 4. The molecule has 2 heterocycles. The topological polar surface area (TPSA) is 59.5 Å². The third kappa shape index (κ3) is 4.24. The van der Waals surface area contributed by atoms with Crippen molar-refractivity contribution in [1.29, 1.82) is 0 Å². The number of hydrogen-bond donors (Lipinski definition) is 0. The molecule has 1 saturated carbocycles. The molecule has 32 heavy (non-hydrogen) atoms. The number of ether oxygens (including phenoxy) is 1. The van der Waals surface area contributed by atoms with Crippen LogP contribution in [0.2, 0.25) is 0 Å². The van der Waals surface area contributed by atoms with Gasteiger partial charge < -0.3 is 4.74 Å². The highest BCUT2D eigenvalue weighted by Crippen LogP contribution is 2.39. The van der Waals surface area contributed by atoms with Gasteiger partial charge in [0.25, 0.3) is 0 Å². The molecule has 0 N–H and O–H groups in total. The van der Waals surface area contributed by atoms with E-state index in [4.69, 9.17) is 4.74 Å². The smallest absolute Gasteiger partial charge is 0.416 e. The average molecular weight is 429 g/mol. The number of cyclic esters (lactones) is 1. The van der Waals surface area contributed by atoms with Crippen LogP contribution in [0.1, 0.15) is 49.1 Å². The lowest BCUT2D eigenvalue weighted by atomic mass is 9.76. The summed E-state index contributed by atoms with van der Waals surface area (Å²) < 4.78 is 5.24. The van der Waals surface area contributed by atoms with Gasteiger partial charge in [-0.15, -0.1) is 0 Å². The zero-order valence-electron chi connectivity index (χ0n) is 18.2. The van der Waals surface area contributed by atoms with Crippen LogP contribution >= 0.6 is 0 Å². The molecular weight excluding hydrogens is 400 g/mol. The summed E-state index contributed by atoms with van der Waals surface area (Å²) in [6.45, 7) is 0.279. The van der Waals surface area contributed by atoms with Gasteiger partial charge in [0, 0.05) is 18.0 Å². The standard InChI is InChI=1S/C27H28N2O3/c30-26(29-22(18-32-27(29)31)16-19-6-2-1-3-7-19)17-20-10-12-21(13-11-20)23-14-15-28-25-9-5-4-8-24(23)25/h1-9,14-15,20-22H,10-13,16-18H2. The lowest BCUT2D eigenvalue weighted by Crippen LogP contribution is -2.41. The minimum absolute atomic E-state index is 0.0914. The van der Waals surface area contributed by atoms with Crippen LogP contribution in [0.5, 0.6) is 0 Å². The molecule has 1 atom stereocenters. The fraction of sp³-hybridized carbons (Fsp3) is 0.370. The highest BCUT2D eigenvalue weighted by Gasteiger charge is 2.39. The van der Waals surface area contributed by atoms with Crippen LogP contribution < -0.4 is 0 Å². The van der Waals surface area contributed by atoms with Gasteiger partial charge in [-0.1, -0.05) is 48.5 Å². The van der Waals surface area contributed by atoms with E-state index >= 15 is 0 Å². The number of aromatic nitrogens is 1. The lowest BCUT2D eigenvalue weighted by molar-refractivity contribution is -0.130. The number of pyridine rings is 1. The molecular formula is C27H28N2O3. The Bertz CT molecular complexity index is 1100. The fourth-order valence-corrected chi connectivity index (χ4v) is 5.30. The van der Waals surface area contributed by atoms with Crippen LogP contribution in [0.4, 0.5) is 4.79 Å². The molecule has 5 heteroatoms. The first-order valence-corrected chi connectivity index (χ1v) is 11.6. The molecule has 1 aromatic heterocycles. The van der Waals surface area contributed by atoms with Gasteiger partial charge in [-0.05, 0) is 67.2 Å². The van der Waals surface area contributed by atoms with Crippen LogP contribution in [0.15, 0.2) is 66.9 Å². The third-order valence-electron chi connectivity index (χ3n) is 6.98. The summed E-state index contributed by atoms with van der Waals surface area (Å²) in [5.74, 6) is 0.723. The van der Waals surface area contributed by atoms with Gasteiger partial charge in [0.2, 0.25) is 5.91 Å². The van der Waals surface area contributed by atoms with Crippen LogP contribution in [0.25, 0.3) is 10.9 Å². The Kier molecular flexibility index (Phi) is 5.89. The van der Waals surface area contributed by atoms with Crippen molar-refractivity contribution in [3.63, 3.8) is 0 Å². The average Bonchev–Trinajstić information content (AvgIpc) is 3.20. The van der Waals surface area contributed by atoms with Crippen molar-refractivity contribution in [2.75, 3.05) is 6.61 Å². The van der Waals surface area contributed by atoms with Crippen molar-refractivity contribution in [1.82, 2.24) is 9.88 Å². The summed E-state index contributed by atoms with van der Waals surface area (Å²) in [4.78, 5) is 31.2. The van der Waals surface area contributed by atoms with Gasteiger partial charge in [0.15, 0.2) is 0 Å². The Labute approximate surface area is 188 Å². The Hall–Kier alpha value is -3.21. The zero-order valence-corrected chi connectivity index (χ0v) is 18.2. The van der Waals surface area contributed by atoms with E-state index in [2.05, 4.69) is 29.2 Å². The summed E-state index contributed by atoms with van der Waals surface area (Å²) in [6.07, 6.45) is 6.59. The van der Waals surface area contributed by atoms with E-state index in [1.54, 1.807) is 0 Å². The number of rotatable bonds is 5. The number of para-hydroxylation sites is 1. The van der Waals surface area contributed by atoms with Crippen LogP contribution in [0, 0.1) is 5.92 Å². The van der Waals surface area contributed by atoms with E-state index in [0.717, 1.165) is 36.8 Å².